The number of rotatable bonds is 4. The van der Waals surface area contributed by atoms with E-state index in [1.54, 1.807) is 0 Å². The summed E-state index contributed by atoms with van der Waals surface area (Å²) < 4.78 is 0. The van der Waals surface area contributed by atoms with Gasteiger partial charge < -0.3 is 5.32 Å². The van der Waals surface area contributed by atoms with Crippen LogP contribution in [0.1, 0.15) is 26.2 Å². The van der Waals surface area contributed by atoms with E-state index in [9.17, 15) is 0 Å². The lowest BCUT2D eigenvalue weighted by atomic mass is 10.1. The van der Waals surface area contributed by atoms with Gasteiger partial charge in [0.05, 0.1) is 11.7 Å². The molecule has 1 atom stereocenters. The molecule has 1 aliphatic rings. The second-order valence-electron chi connectivity index (χ2n) is 4.67. The molecule has 1 heterocycles. The highest BCUT2D eigenvalue weighted by atomic mass is 15.1. The highest BCUT2D eigenvalue weighted by Gasteiger charge is 2.29. The molecule has 1 fully saturated rings. The number of benzene rings is 1. The topological polar surface area (TPSA) is 40.7 Å². The third-order valence-corrected chi connectivity index (χ3v) is 3.42. The molecule has 3 heteroatoms. The maximum Gasteiger partial charge on any atom is 0.0651 e. The fourth-order valence-electron chi connectivity index (χ4n) is 2.30. The molecule has 1 unspecified atom stereocenters. The predicted octanol–water partition coefficient (Wildman–Crippen LogP) is 3.16. The molecule has 3 rings (SSSR count). The number of nitrogens with zero attached hydrogens (tertiary/aromatic N) is 1. The van der Waals surface area contributed by atoms with Crippen molar-refractivity contribution in [2.75, 3.05) is 5.32 Å². The number of H-pyrrole nitrogens is 1. The van der Waals surface area contributed by atoms with Crippen molar-refractivity contribution in [3.8, 4) is 0 Å². The largest absolute Gasteiger partial charge is 0.382 e. The molecule has 3 nitrogen and oxygen atoms in total. The van der Waals surface area contributed by atoms with E-state index in [2.05, 4.69) is 40.6 Å². The van der Waals surface area contributed by atoms with Gasteiger partial charge in [0.25, 0.3) is 0 Å². The van der Waals surface area contributed by atoms with E-state index in [-0.39, 0.29) is 0 Å². The Kier molecular flexibility index (Phi) is 2.31. The van der Waals surface area contributed by atoms with Gasteiger partial charge in [-0.3, -0.25) is 5.10 Å². The Balaban J connectivity index is 1.81. The highest BCUT2D eigenvalue weighted by Crippen LogP contribution is 2.35. The van der Waals surface area contributed by atoms with Crippen molar-refractivity contribution in [2.24, 2.45) is 5.92 Å². The average molecular weight is 215 g/mol. The maximum atomic E-state index is 4.04. The normalized spacial score (nSPS) is 17.6. The van der Waals surface area contributed by atoms with Gasteiger partial charge >= 0.3 is 0 Å². The van der Waals surface area contributed by atoms with E-state index in [4.69, 9.17) is 0 Å². The molecule has 0 saturated heterocycles. The first-order valence-electron chi connectivity index (χ1n) is 6.06. The summed E-state index contributed by atoms with van der Waals surface area (Å²) in [4.78, 5) is 0. The molecular formula is C13H17N3. The Labute approximate surface area is 95.2 Å². The van der Waals surface area contributed by atoms with Crippen LogP contribution in [0.4, 0.5) is 5.69 Å². The number of fused-ring (bicyclic) bond motifs is 1. The fraction of sp³-hybridized carbons (Fsp3) is 0.462. The monoisotopic (exact) mass is 215 g/mol. The summed E-state index contributed by atoms with van der Waals surface area (Å²) in [6.07, 6.45) is 5.85. The number of aromatic amines is 1. The molecule has 1 aromatic carbocycles. The standard InChI is InChI=1S/C13H17N3/c1-2-12(9-3-4-9)15-11-5-6-13-10(7-11)8-14-16-13/h5-9,12,15H,2-4H2,1H3,(H,14,16). The maximum absolute atomic E-state index is 4.04. The van der Waals surface area contributed by atoms with Crippen molar-refractivity contribution in [1.82, 2.24) is 10.2 Å². The van der Waals surface area contributed by atoms with Gasteiger partial charge in [0, 0.05) is 17.1 Å². The zero-order chi connectivity index (χ0) is 11.0. The van der Waals surface area contributed by atoms with E-state index in [1.807, 2.05) is 6.20 Å². The summed E-state index contributed by atoms with van der Waals surface area (Å²) >= 11 is 0. The van der Waals surface area contributed by atoms with Crippen molar-refractivity contribution in [2.45, 2.75) is 32.2 Å². The van der Waals surface area contributed by atoms with Crippen molar-refractivity contribution in [3.63, 3.8) is 0 Å². The molecule has 0 radical (unpaired) electrons. The lowest BCUT2D eigenvalue weighted by Gasteiger charge is -2.17. The minimum absolute atomic E-state index is 0.643. The minimum Gasteiger partial charge on any atom is -0.382 e. The minimum atomic E-state index is 0.643. The lowest BCUT2D eigenvalue weighted by molar-refractivity contribution is 0.617. The first kappa shape index (κ1) is 9.70. The Morgan fingerprint density at radius 2 is 2.38 bits per heavy atom. The molecule has 1 aliphatic carbocycles. The molecule has 1 saturated carbocycles. The van der Waals surface area contributed by atoms with Crippen molar-refractivity contribution in [1.29, 1.82) is 0 Å². The van der Waals surface area contributed by atoms with Crippen LogP contribution in [0.3, 0.4) is 0 Å². The number of hydrogen-bond donors (Lipinski definition) is 2. The van der Waals surface area contributed by atoms with Crippen LogP contribution < -0.4 is 5.32 Å². The molecule has 16 heavy (non-hydrogen) atoms. The third kappa shape index (κ3) is 1.77. The van der Waals surface area contributed by atoms with Crippen LogP contribution >= 0.6 is 0 Å². The van der Waals surface area contributed by atoms with Gasteiger partial charge in [-0.25, -0.2) is 0 Å². The van der Waals surface area contributed by atoms with E-state index < -0.39 is 0 Å². The second kappa shape index (κ2) is 3.81. The van der Waals surface area contributed by atoms with E-state index >= 15 is 0 Å². The van der Waals surface area contributed by atoms with Crippen LogP contribution in [-0.2, 0) is 0 Å². The summed E-state index contributed by atoms with van der Waals surface area (Å²) in [5.74, 6) is 0.894. The first-order valence-corrected chi connectivity index (χ1v) is 6.06. The smallest absolute Gasteiger partial charge is 0.0651 e. The Hall–Kier alpha value is -1.51. The van der Waals surface area contributed by atoms with Crippen LogP contribution in [0.25, 0.3) is 10.9 Å². The molecular weight excluding hydrogens is 198 g/mol. The summed E-state index contributed by atoms with van der Waals surface area (Å²) in [5.41, 5.74) is 2.32. The van der Waals surface area contributed by atoms with Crippen LogP contribution in [0.2, 0.25) is 0 Å². The number of nitrogens with one attached hydrogen (secondary N) is 2. The molecule has 2 N–H and O–H groups in total. The van der Waals surface area contributed by atoms with Gasteiger partial charge in [0.15, 0.2) is 0 Å². The summed E-state index contributed by atoms with van der Waals surface area (Å²) in [6, 6.07) is 7.03. The fourth-order valence-corrected chi connectivity index (χ4v) is 2.30. The molecule has 2 aromatic rings. The van der Waals surface area contributed by atoms with Gasteiger partial charge in [-0.05, 0) is 43.4 Å². The molecule has 0 aliphatic heterocycles. The van der Waals surface area contributed by atoms with Gasteiger partial charge in [-0.15, -0.1) is 0 Å². The van der Waals surface area contributed by atoms with Crippen LogP contribution in [-0.4, -0.2) is 16.2 Å². The summed E-state index contributed by atoms with van der Waals surface area (Å²) in [7, 11) is 0. The van der Waals surface area contributed by atoms with Crippen molar-refractivity contribution >= 4 is 16.6 Å². The summed E-state index contributed by atoms with van der Waals surface area (Å²) in [5, 5.41) is 11.8. The van der Waals surface area contributed by atoms with Crippen LogP contribution in [0, 0.1) is 5.92 Å². The molecule has 1 aromatic heterocycles. The lowest BCUT2D eigenvalue weighted by Crippen LogP contribution is -2.20. The first-order chi connectivity index (χ1) is 7.86. The SMILES string of the molecule is CCC(Nc1ccc2[nH]ncc2c1)C1CC1. The summed E-state index contributed by atoms with van der Waals surface area (Å²) in [6.45, 7) is 2.26. The van der Waals surface area contributed by atoms with E-state index in [0.717, 1.165) is 11.4 Å². The zero-order valence-corrected chi connectivity index (χ0v) is 9.53. The Morgan fingerprint density at radius 1 is 1.50 bits per heavy atom. The van der Waals surface area contributed by atoms with Crippen molar-refractivity contribution < 1.29 is 0 Å². The molecule has 84 valence electrons. The van der Waals surface area contributed by atoms with Gasteiger partial charge in [0.1, 0.15) is 0 Å². The van der Waals surface area contributed by atoms with Gasteiger partial charge in [-0.1, -0.05) is 6.92 Å². The number of hydrogen-bond acceptors (Lipinski definition) is 2. The van der Waals surface area contributed by atoms with Crippen LogP contribution in [0.5, 0.6) is 0 Å². The average Bonchev–Trinajstić information content (AvgIpc) is 3.04. The molecule has 0 bridgehead atoms. The van der Waals surface area contributed by atoms with Gasteiger partial charge in [-0.2, -0.15) is 5.10 Å². The van der Waals surface area contributed by atoms with E-state index in [0.29, 0.717) is 6.04 Å². The predicted molar refractivity (Wildman–Crippen MR) is 66.5 cm³/mol. The van der Waals surface area contributed by atoms with Crippen molar-refractivity contribution in [3.05, 3.63) is 24.4 Å². The quantitative estimate of drug-likeness (QED) is 0.822. The van der Waals surface area contributed by atoms with Gasteiger partial charge in [0.2, 0.25) is 0 Å². The highest BCUT2D eigenvalue weighted by molar-refractivity contribution is 5.81. The third-order valence-electron chi connectivity index (χ3n) is 3.42. The Morgan fingerprint density at radius 3 is 3.12 bits per heavy atom. The number of aromatic nitrogens is 2. The Bertz CT molecular complexity index is 485. The number of anilines is 1. The second-order valence-corrected chi connectivity index (χ2v) is 4.67. The zero-order valence-electron chi connectivity index (χ0n) is 9.53. The molecule has 0 amide bonds. The van der Waals surface area contributed by atoms with E-state index in [1.165, 1.54) is 30.3 Å². The van der Waals surface area contributed by atoms with Crippen LogP contribution in [0.15, 0.2) is 24.4 Å². The molecule has 0 spiro atoms.